The number of ether oxygens (including phenoxy) is 2. The standard InChI is InChI=1S/C12H13Cl2NO5/c1-19-10(12(17)18)5-15-11(16)6-20-9-3-2-7(13)4-8(9)14/h2-4,10H,5-6H2,1H3,(H,15,16)(H,17,18). The van der Waals surface area contributed by atoms with Gasteiger partial charge < -0.3 is 19.9 Å². The van der Waals surface area contributed by atoms with Crippen molar-refractivity contribution in [2.75, 3.05) is 20.3 Å². The second kappa shape index (κ2) is 7.94. The van der Waals surface area contributed by atoms with E-state index in [9.17, 15) is 9.59 Å². The molecular formula is C12H13Cl2NO5. The summed E-state index contributed by atoms with van der Waals surface area (Å²) in [6, 6.07) is 4.60. The van der Waals surface area contributed by atoms with E-state index in [0.717, 1.165) is 0 Å². The van der Waals surface area contributed by atoms with Gasteiger partial charge in [-0.1, -0.05) is 23.2 Å². The highest BCUT2D eigenvalue weighted by molar-refractivity contribution is 6.35. The van der Waals surface area contributed by atoms with Crippen LogP contribution in [-0.4, -0.2) is 43.3 Å². The first-order valence-electron chi connectivity index (χ1n) is 5.54. The molecule has 0 saturated heterocycles. The molecule has 0 bridgehead atoms. The Hall–Kier alpha value is -1.50. The largest absolute Gasteiger partial charge is 0.482 e. The molecule has 0 aliphatic heterocycles. The van der Waals surface area contributed by atoms with Gasteiger partial charge in [0, 0.05) is 12.1 Å². The maximum atomic E-state index is 11.5. The molecule has 0 aliphatic carbocycles. The Balaban J connectivity index is 2.41. The van der Waals surface area contributed by atoms with Crippen LogP contribution < -0.4 is 10.1 Å². The SMILES string of the molecule is COC(CNC(=O)COc1ccc(Cl)cc1Cl)C(=O)O. The summed E-state index contributed by atoms with van der Waals surface area (Å²) < 4.78 is 9.86. The Kier molecular flexibility index (Phi) is 6.57. The van der Waals surface area contributed by atoms with Crippen molar-refractivity contribution in [2.24, 2.45) is 0 Å². The van der Waals surface area contributed by atoms with Gasteiger partial charge >= 0.3 is 5.97 Å². The molecule has 0 spiro atoms. The van der Waals surface area contributed by atoms with E-state index in [2.05, 4.69) is 10.1 Å². The summed E-state index contributed by atoms with van der Waals surface area (Å²) >= 11 is 11.6. The summed E-state index contributed by atoms with van der Waals surface area (Å²) in [5.41, 5.74) is 0. The lowest BCUT2D eigenvalue weighted by molar-refractivity contribution is -0.148. The van der Waals surface area contributed by atoms with Gasteiger partial charge in [0.25, 0.3) is 5.91 Å². The van der Waals surface area contributed by atoms with Gasteiger partial charge in [-0.05, 0) is 18.2 Å². The molecule has 2 N–H and O–H groups in total. The zero-order valence-electron chi connectivity index (χ0n) is 10.6. The van der Waals surface area contributed by atoms with Gasteiger partial charge in [-0.3, -0.25) is 4.79 Å². The fourth-order valence-electron chi connectivity index (χ4n) is 1.26. The Morgan fingerprint density at radius 3 is 2.65 bits per heavy atom. The molecule has 6 nitrogen and oxygen atoms in total. The topological polar surface area (TPSA) is 84.9 Å². The fraction of sp³-hybridized carbons (Fsp3) is 0.333. The van der Waals surface area contributed by atoms with E-state index in [4.69, 9.17) is 33.0 Å². The summed E-state index contributed by atoms with van der Waals surface area (Å²) in [6.45, 7) is -0.445. The van der Waals surface area contributed by atoms with Gasteiger partial charge in [0.05, 0.1) is 11.6 Å². The molecule has 110 valence electrons. The molecule has 1 aromatic carbocycles. The molecule has 0 heterocycles. The van der Waals surface area contributed by atoms with Crippen LogP contribution in [0.2, 0.25) is 10.0 Å². The van der Waals surface area contributed by atoms with Gasteiger partial charge in [0.2, 0.25) is 0 Å². The molecule has 8 heteroatoms. The number of rotatable bonds is 7. The lowest BCUT2D eigenvalue weighted by atomic mass is 10.3. The number of aliphatic carboxylic acids is 1. The molecular weight excluding hydrogens is 309 g/mol. The molecule has 1 unspecified atom stereocenters. The second-order valence-electron chi connectivity index (χ2n) is 3.73. The van der Waals surface area contributed by atoms with Gasteiger partial charge in [0.15, 0.2) is 12.7 Å². The van der Waals surface area contributed by atoms with Crippen LogP contribution >= 0.6 is 23.2 Å². The van der Waals surface area contributed by atoms with E-state index in [1.165, 1.54) is 19.2 Å². The second-order valence-corrected chi connectivity index (χ2v) is 4.57. The van der Waals surface area contributed by atoms with Crippen LogP contribution in [0.1, 0.15) is 0 Å². The zero-order chi connectivity index (χ0) is 15.1. The molecule has 0 aromatic heterocycles. The lowest BCUT2D eigenvalue weighted by Gasteiger charge is -2.12. The van der Waals surface area contributed by atoms with E-state index >= 15 is 0 Å². The van der Waals surface area contributed by atoms with E-state index in [1.54, 1.807) is 6.07 Å². The molecule has 0 fully saturated rings. The van der Waals surface area contributed by atoms with Crippen molar-refractivity contribution in [3.63, 3.8) is 0 Å². The molecule has 0 saturated carbocycles. The maximum absolute atomic E-state index is 11.5. The van der Waals surface area contributed by atoms with E-state index in [0.29, 0.717) is 10.8 Å². The number of amides is 1. The molecule has 0 radical (unpaired) electrons. The number of nitrogens with one attached hydrogen (secondary N) is 1. The maximum Gasteiger partial charge on any atom is 0.334 e. The van der Waals surface area contributed by atoms with E-state index in [-0.39, 0.29) is 18.2 Å². The van der Waals surface area contributed by atoms with Crippen molar-refractivity contribution < 1.29 is 24.2 Å². The third-order valence-electron chi connectivity index (χ3n) is 2.30. The van der Waals surface area contributed by atoms with Gasteiger partial charge in [-0.2, -0.15) is 0 Å². The fourth-order valence-corrected chi connectivity index (χ4v) is 1.73. The highest BCUT2D eigenvalue weighted by Crippen LogP contribution is 2.27. The molecule has 1 amide bonds. The minimum absolute atomic E-state index is 0.150. The van der Waals surface area contributed by atoms with Crippen LogP contribution in [-0.2, 0) is 14.3 Å². The van der Waals surface area contributed by atoms with Crippen LogP contribution in [0.25, 0.3) is 0 Å². The molecule has 0 aliphatic rings. The van der Waals surface area contributed by atoms with Crippen molar-refractivity contribution in [2.45, 2.75) is 6.10 Å². The highest BCUT2D eigenvalue weighted by Gasteiger charge is 2.17. The molecule has 20 heavy (non-hydrogen) atoms. The Bertz CT molecular complexity index is 495. The van der Waals surface area contributed by atoms with Crippen molar-refractivity contribution >= 4 is 35.1 Å². The Morgan fingerprint density at radius 1 is 1.40 bits per heavy atom. The third kappa shape index (κ3) is 5.24. The number of benzene rings is 1. The van der Waals surface area contributed by atoms with Crippen LogP contribution in [0.3, 0.4) is 0 Å². The summed E-state index contributed by atoms with van der Waals surface area (Å²) in [4.78, 5) is 22.1. The minimum Gasteiger partial charge on any atom is -0.482 e. The highest BCUT2D eigenvalue weighted by atomic mass is 35.5. The number of hydrogen-bond donors (Lipinski definition) is 2. The molecule has 1 atom stereocenters. The number of methoxy groups -OCH3 is 1. The Morgan fingerprint density at radius 2 is 2.10 bits per heavy atom. The van der Waals surface area contributed by atoms with Gasteiger partial charge in [-0.15, -0.1) is 0 Å². The third-order valence-corrected chi connectivity index (χ3v) is 2.83. The van der Waals surface area contributed by atoms with E-state index in [1.807, 2.05) is 0 Å². The predicted molar refractivity (Wildman–Crippen MR) is 73.4 cm³/mol. The van der Waals surface area contributed by atoms with Gasteiger partial charge in [-0.25, -0.2) is 4.79 Å². The zero-order valence-corrected chi connectivity index (χ0v) is 12.1. The average molecular weight is 322 g/mol. The summed E-state index contributed by atoms with van der Waals surface area (Å²) in [5.74, 6) is -1.33. The summed E-state index contributed by atoms with van der Waals surface area (Å²) in [7, 11) is 1.24. The molecule has 1 rings (SSSR count). The summed E-state index contributed by atoms with van der Waals surface area (Å²) in [5, 5.41) is 11.8. The predicted octanol–water partition coefficient (Wildman–Crippen LogP) is 1.59. The number of hydrogen-bond acceptors (Lipinski definition) is 4. The van der Waals surface area contributed by atoms with Crippen LogP contribution in [0.15, 0.2) is 18.2 Å². The van der Waals surface area contributed by atoms with Gasteiger partial charge in [0.1, 0.15) is 5.75 Å². The average Bonchev–Trinajstić information content (AvgIpc) is 2.38. The van der Waals surface area contributed by atoms with Crippen molar-refractivity contribution in [3.05, 3.63) is 28.2 Å². The van der Waals surface area contributed by atoms with Crippen molar-refractivity contribution in [1.82, 2.24) is 5.32 Å². The van der Waals surface area contributed by atoms with Crippen molar-refractivity contribution in [1.29, 1.82) is 0 Å². The van der Waals surface area contributed by atoms with Crippen LogP contribution in [0.4, 0.5) is 0 Å². The lowest BCUT2D eigenvalue weighted by Crippen LogP contribution is -2.39. The van der Waals surface area contributed by atoms with Crippen molar-refractivity contribution in [3.8, 4) is 5.75 Å². The quantitative estimate of drug-likeness (QED) is 0.796. The minimum atomic E-state index is -1.16. The number of carboxylic acids is 1. The first-order valence-corrected chi connectivity index (χ1v) is 6.29. The smallest absolute Gasteiger partial charge is 0.334 e. The number of halogens is 2. The van der Waals surface area contributed by atoms with Crippen LogP contribution in [0.5, 0.6) is 5.75 Å². The monoisotopic (exact) mass is 321 g/mol. The first-order chi connectivity index (χ1) is 9.43. The molecule has 1 aromatic rings. The summed E-state index contributed by atoms with van der Waals surface area (Å²) in [6.07, 6.45) is -1.10. The first kappa shape index (κ1) is 16.6. The van der Waals surface area contributed by atoms with E-state index < -0.39 is 18.0 Å². The number of carbonyl (C=O) groups is 2. The van der Waals surface area contributed by atoms with Crippen LogP contribution in [0, 0.1) is 0 Å². The normalized spacial score (nSPS) is 11.8. The Labute approximate surface area is 125 Å². The number of carboxylic acid groups (broad SMARTS) is 1. The number of carbonyl (C=O) groups excluding carboxylic acids is 1.